The summed E-state index contributed by atoms with van der Waals surface area (Å²) in [5.74, 6) is -1.46. The van der Waals surface area contributed by atoms with Gasteiger partial charge in [0.15, 0.2) is 0 Å². The van der Waals surface area contributed by atoms with Crippen molar-refractivity contribution < 1.29 is 14.7 Å². The lowest BCUT2D eigenvalue weighted by Gasteiger charge is -2.25. The van der Waals surface area contributed by atoms with Crippen LogP contribution in [0.3, 0.4) is 0 Å². The number of carbonyl (C=O) groups excluding carboxylic acids is 1. The lowest BCUT2D eigenvalue weighted by atomic mass is 9.97. The normalized spacial score (nSPS) is 15.5. The molecule has 88 valence electrons. The van der Waals surface area contributed by atoms with Crippen LogP contribution in [0.5, 0.6) is 0 Å². The minimum absolute atomic E-state index is 0.0367. The summed E-state index contributed by atoms with van der Waals surface area (Å²) in [6, 6.07) is -0.659. The Hall–Kier alpha value is -1.10. The van der Waals surface area contributed by atoms with Crippen LogP contribution < -0.4 is 11.1 Å². The quantitative estimate of drug-likeness (QED) is 0.618. The summed E-state index contributed by atoms with van der Waals surface area (Å²) in [5, 5.41) is 11.2. The summed E-state index contributed by atoms with van der Waals surface area (Å²) in [7, 11) is 0. The standard InChI is InChI=1S/C10H20N2O3/c1-5-6(2)7(11)8(13)12-10(3,4)9(14)15/h6-7H,5,11H2,1-4H3,(H,12,13)(H,14,15)/t6?,7-/m0/s1. The molecule has 0 aromatic carbocycles. The third-order valence-electron chi connectivity index (χ3n) is 2.53. The van der Waals surface area contributed by atoms with Gasteiger partial charge in [0.25, 0.3) is 0 Å². The first kappa shape index (κ1) is 13.9. The molecule has 0 aliphatic rings. The lowest BCUT2D eigenvalue weighted by molar-refractivity contribution is -0.146. The Balaban J connectivity index is 4.43. The van der Waals surface area contributed by atoms with Crippen molar-refractivity contribution in [1.29, 1.82) is 0 Å². The summed E-state index contributed by atoms with van der Waals surface area (Å²) in [4.78, 5) is 22.3. The van der Waals surface area contributed by atoms with Crippen LogP contribution in [0.4, 0.5) is 0 Å². The Labute approximate surface area is 90.0 Å². The highest BCUT2D eigenvalue weighted by Crippen LogP contribution is 2.08. The zero-order chi connectivity index (χ0) is 12.2. The van der Waals surface area contributed by atoms with Crippen LogP contribution in [0.15, 0.2) is 0 Å². The Morgan fingerprint density at radius 3 is 2.27 bits per heavy atom. The van der Waals surface area contributed by atoms with Gasteiger partial charge >= 0.3 is 5.97 Å². The highest BCUT2D eigenvalue weighted by Gasteiger charge is 2.31. The number of aliphatic carboxylic acids is 1. The van der Waals surface area contributed by atoms with Crippen LogP contribution in [0.1, 0.15) is 34.1 Å². The Bertz CT molecular complexity index is 251. The van der Waals surface area contributed by atoms with Gasteiger partial charge in [0, 0.05) is 0 Å². The van der Waals surface area contributed by atoms with Crippen LogP contribution in [-0.2, 0) is 9.59 Å². The van der Waals surface area contributed by atoms with E-state index in [2.05, 4.69) is 5.32 Å². The van der Waals surface area contributed by atoms with E-state index >= 15 is 0 Å². The molecular formula is C10H20N2O3. The molecule has 0 fully saturated rings. The molecule has 4 N–H and O–H groups in total. The molecule has 2 atom stereocenters. The third kappa shape index (κ3) is 3.87. The van der Waals surface area contributed by atoms with Crippen molar-refractivity contribution in [3.63, 3.8) is 0 Å². The SMILES string of the molecule is CCC(C)[C@H](N)C(=O)NC(C)(C)C(=O)O. The molecule has 0 saturated heterocycles. The summed E-state index contributed by atoms with van der Waals surface area (Å²) < 4.78 is 0. The minimum Gasteiger partial charge on any atom is -0.480 e. The van der Waals surface area contributed by atoms with Crippen molar-refractivity contribution in [3.05, 3.63) is 0 Å². The second-order valence-electron chi connectivity index (χ2n) is 4.33. The van der Waals surface area contributed by atoms with Crippen molar-refractivity contribution in [1.82, 2.24) is 5.32 Å². The second kappa shape index (κ2) is 5.11. The minimum atomic E-state index is -1.28. The van der Waals surface area contributed by atoms with Gasteiger partial charge in [0.1, 0.15) is 5.54 Å². The van der Waals surface area contributed by atoms with E-state index in [1.165, 1.54) is 13.8 Å². The first-order valence-electron chi connectivity index (χ1n) is 5.03. The van der Waals surface area contributed by atoms with Crippen LogP contribution in [0, 0.1) is 5.92 Å². The van der Waals surface area contributed by atoms with Crippen LogP contribution >= 0.6 is 0 Å². The smallest absolute Gasteiger partial charge is 0.328 e. The largest absolute Gasteiger partial charge is 0.480 e. The number of carboxylic acids is 1. The number of hydrogen-bond donors (Lipinski definition) is 3. The number of carboxylic acid groups (broad SMARTS) is 1. The Morgan fingerprint density at radius 2 is 1.93 bits per heavy atom. The van der Waals surface area contributed by atoms with E-state index in [9.17, 15) is 9.59 Å². The van der Waals surface area contributed by atoms with Crippen molar-refractivity contribution >= 4 is 11.9 Å². The molecular weight excluding hydrogens is 196 g/mol. The van der Waals surface area contributed by atoms with E-state index in [0.717, 1.165) is 6.42 Å². The highest BCUT2D eigenvalue weighted by molar-refractivity contribution is 5.89. The first-order valence-corrected chi connectivity index (χ1v) is 5.03. The second-order valence-corrected chi connectivity index (χ2v) is 4.33. The Morgan fingerprint density at radius 1 is 1.47 bits per heavy atom. The predicted octanol–water partition coefficient (Wildman–Crippen LogP) is 0.339. The molecule has 15 heavy (non-hydrogen) atoms. The fraction of sp³-hybridized carbons (Fsp3) is 0.800. The van der Waals surface area contributed by atoms with Crippen LogP contribution in [0.2, 0.25) is 0 Å². The van der Waals surface area contributed by atoms with Gasteiger partial charge in [-0.3, -0.25) is 4.79 Å². The maximum absolute atomic E-state index is 11.6. The number of nitrogens with one attached hydrogen (secondary N) is 1. The molecule has 1 amide bonds. The van der Waals surface area contributed by atoms with E-state index in [-0.39, 0.29) is 5.92 Å². The van der Waals surface area contributed by atoms with Gasteiger partial charge < -0.3 is 16.2 Å². The summed E-state index contributed by atoms with van der Waals surface area (Å²) in [5.41, 5.74) is 4.40. The average molecular weight is 216 g/mol. The van der Waals surface area contributed by atoms with Gasteiger partial charge in [-0.15, -0.1) is 0 Å². The number of nitrogens with two attached hydrogens (primary N) is 1. The monoisotopic (exact) mass is 216 g/mol. The molecule has 0 rings (SSSR count). The number of carbonyl (C=O) groups is 2. The molecule has 0 aliphatic carbocycles. The molecule has 0 saturated carbocycles. The molecule has 5 heteroatoms. The van der Waals surface area contributed by atoms with E-state index in [1.54, 1.807) is 0 Å². The molecule has 0 bridgehead atoms. The van der Waals surface area contributed by atoms with Gasteiger partial charge in [0.05, 0.1) is 6.04 Å². The molecule has 0 heterocycles. The molecule has 1 unspecified atom stereocenters. The predicted molar refractivity (Wildman–Crippen MR) is 57.3 cm³/mol. The zero-order valence-electron chi connectivity index (χ0n) is 9.70. The van der Waals surface area contributed by atoms with Crippen molar-refractivity contribution in [2.24, 2.45) is 11.7 Å². The number of rotatable bonds is 5. The van der Waals surface area contributed by atoms with Crippen LogP contribution in [0.25, 0.3) is 0 Å². The lowest BCUT2D eigenvalue weighted by Crippen LogP contribution is -2.55. The number of amides is 1. The molecule has 0 aromatic rings. The van der Waals surface area contributed by atoms with Gasteiger partial charge in [-0.05, 0) is 19.8 Å². The maximum Gasteiger partial charge on any atom is 0.328 e. The summed E-state index contributed by atoms with van der Waals surface area (Å²) in [6.45, 7) is 6.64. The molecule has 5 nitrogen and oxygen atoms in total. The molecule has 0 aromatic heterocycles. The van der Waals surface area contributed by atoms with E-state index in [0.29, 0.717) is 0 Å². The van der Waals surface area contributed by atoms with Crippen LogP contribution in [-0.4, -0.2) is 28.6 Å². The maximum atomic E-state index is 11.6. The van der Waals surface area contributed by atoms with Crippen molar-refractivity contribution in [3.8, 4) is 0 Å². The van der Waals surface area contributed by atoms with E-state index in [4.69, 9.17) is 10.8 Å². The summed E-state index contributed by atoms with van der Waals surface area (Å²) in [6.07, 6.45) is 0.780. The molecule has 0 aliphatic heterocycles. The fourth-order valence-electron chi connectivity index (χ4n) is 0.957. The van der Waals surface area contributed by atoms with Gasteiger partial charge in [-0.25, -0.2) is 4.79 Å². The summed E-state index contributed by atoms with van der Waals surface area (Å²) >= 11 is 0. The van der Waals surface area contributed by atoms with E-state index in [1.807, 2.05) is 13.8 Å². The van der Waals surface area contributed by atoms with Crippen molar-refractivity contribution in [2.75, 3.05) is 0 Å². The fourth-order valence-corrected chi connectivity index (χ4v) is 0.957. The topological polar surface area (TPSA) is 92.4 Å². The third-order valence-corrected chi connectivity index (χ3v) is 2.53. The molecule has 0 spiro atoms. The van der Waals surface area contributed by atoms with E-state index < -0.39 is 23.5 Å². The van der Waals surface area contributed by atoms with Gasteiger partial charge in [0.2, 0.25) is 5.91 Å². The van der Waals surface area contributed by atoms with Crippen molar-refractivity contribution in [2.45, 2.75) is 45.7 Å². The first-order chi connectivity index (χ1) is 6.72. The zero-order valence-corrected chi connectivity index (χ0v) is 9.70. The Kier molecular flexibility index (Phi) is 4.74. The van der Waals surface area contributed by atoms with Gasteiger partial charge in [-0.1, -0.05) is 20.3 Å². The van der Waals surface area contributed by atoms with Gasteiger partial charge in [-0.2, -0.15) is 0 Å². The average Bonchev–Trinajstić information content (AvgIpc) is 2.14. The highest BCUT2D eigenvalue weighted by atomic mass is 16.4. The number of hydrogen-bond acceptors (Lipinski definition) is 3. The molecule has 0 radical (unpaired) electrons.